The number of para-hydroxylation sites is 1. The smallest absolute Gasteiger partial charge is 0.337 e. The number of H-pyrrole nitrogens is 1. The molecule has 0 amide bonds. The maximum atomic E-state index is 13.5. The topological polar surface area (TPSA) is 71.2 Å². The third kappa shape index (κ3) is 3.75. The quantitative estimate of drug-likeness (QED) is 0.363. The second-order valence-corrected chi connectivity index (χ2v) is 6.67. The summed E-state index contributed by atoms with van der Waals surface area (Å²) < 4.78 is 4.74. The van der Waals surface area contributed by atoms with Gasteiger partial charge < -0.3 is 15.0 Å². The fourth-order valence-corrected chi connectivity index (χ4v) is 3.36. The summed E-state index contributed by atoms with van der Waals surface area (Å²) in [4.78, 5) is 28.3. The van der Waals surface area contributed by atoms with Gasteiger partial charge in [-0.3, -0.25) is 4.79 Å². The van der Waals surface area contributed by atoms with Crippen LogP contribution in [0.2, 0.25) is 0 Å². The maximum absolute atomic E-state index is 13.5. The number of esters is 1. The number of ketones is 1. The molecular weight excluding hydrogens is 364 g/mol. The number of aromatic amines is 1. The summed E-state index contributed by atoms with van der Waals surface area (Å²) in [7, 11) is 1.35. The number of fused-ring (bicyclic) bond motifs is 1. The maximum Gasteiger partial charge on any atom is 0.337 e. The highest BCUT2D eigenvalue weighted by Gasteiger charge is 2.24. The Morgan fingerprint density at radius 2 is 1.59 bits per heavy atom. The van der Waals surface area contributed by atoms with E-state index in [1.165, 1.54) is 7.11 Å². The van der Waals surface area contributed by atoms with Crippen molar-refractivity contribution in [3.63, 3.8) is 0 Å². The molecule has 3 aromatic carbocycles. The third-order valence-corrected chi connectivity index (χ3v) is 4.87. The van der Waals surface area contributed by atoms with Crippen LogP contribution in [0.15, 0.2) is 85.1 Å². The fraction of sp³-hybridized carbons (Fsp3) is 0.0833. The van der Waals surface area contributed by atoms with Crippen molar-refractivity contribution in [3.8, 4) is 0 Å². The van der Waals surface area contributed by atoms with Crippen LogP contribution in [0.3, 0.4) is 0 Å². The van der Waals surface area contributed by atoms with Crippen LogP contribution >= 0.6 is 0 Å². The Balaban J connectivity index is 1.69. The number of carbonyl (C=O) groups excluding carboxylic acids is 2. The Labute approximate surface area is 168 Å². The van der Waals surface area contributed by atoms with E-state index in [9.17, 15) is 9.59 Å². The second-order valence-electron chi connectivity index (χ2n) is 6.67. The summed E-state index contributed by atoms with van der Waals surface area (Å²) in [5.74, 6) is -0.434. The van der Waals surface area contributed by atoms with E-state index in [2.05, 4.69) is 10.3 Å². The van der Waals surface area contributed by atoms with Gasteiger partial charge in [0.1, 0.15) is 6.04 Å². The molecular formula is C24H20N2O3. The van der Waals surface area contributed by atoms with Gasteiger partial charge in [0.25, 0.3) is 0 Å². The van der Waals surface area contributed by atoms with E-state index < -0.39 is 12.0 Å². The molecule has 5 nitrogen and oxygen atoms in total. The Bertz CT molecular complexity index is 1150. The molecule has 0 bridgehead atoms. The molecule has 0 saturated heterocycles. The summed E-state index contributed by atoms with van der Waals surface area (Å²) in [5, 5.41) is 4.21. The van der Waals surface area contributed by atoms with E-state index in [1.807, 2.05) is 54.6 Å². The highest BCUT2D eigenvalue weighted by atomic mass is 16.5. The van der Waals surface area contributed by atoms with Crippen LogP contribution in [0.4, 0.5) is 5.69 Å². The zero-order valence-electron chi connectivity index (χ0n) is 15.9. The lowest BCUT2D eigenvalue weighted by Crippen LogP contribution is -2.21. The highest BCUT2D eigenvalue weighted by Crippen LogP contribution is 2.27. The lowest BCUT2D eigenvalue weighted by molar-refractivity contribution is 0.0600. The minimum Gasteiger partial charge on any atom is -0.465 e. The zero-order valence-corrected chi connectivity index (χ0v) is 15.9. The molecule has 4 aromatic rings. The largest absolute Gasteiger partial charge is 0.465 e. The number of anilines is 1. The van der Waals surface area contributed by atoms with Crippen molar-refractivity contribution in [1.82, 2.24) is 4.98 Å². The summed E-state index contributed by atoms with van der Waals surface area (Å²) >= 11 is 0. The molecule has 1 atom stereocenters. The molecule has 2 N–H and O–H groups in total. The van der Waals surface area contributed by atoms with Gasteiger partial charge in [-0.25, -0.2) is 4.79 Å². The SMILES string of the molecule is COC(=O)c1ccc(NC(C(=O)c2c[nH]c3ccccc23)c2ccccc2)cc1. The number of rotatable bonds is 6. The number of carbonyl (C=O) groups is 2. The van der Waals surface area contributed by atoms with Gasteiger partial charge in [0.05, 0.1) is 12.7 Å². The molecule has 144 valence electrons. The van der Waals surface area contributed by atoms with Gasteiger partial charge in [0, 0.05) is 28.4 Å². The van der Waals surface area contributed by atoms with Crippen LogP contribution in [0.1, 0.15) is 32.3 Å². The van der Waals surface area contributed by atoms with Gasteiger partial charge in [-0.05, 0) is 35.9 Å². The molecule has 1 heterocycles. The number of Topliss-reactive ketones (excluding diaryl/α,β-unsaturated/α-hetero) is 1. The first-order valence-corrected chi connectivity index (χ1v) is 9.27. The number of ether oxygens (including phenoxy) is 1. The molecule has 0 aliphatic carbocycles. The summed E-state index contributed by atoms with van der Waals surface area (Å²) in [6.45, 7) is 0. The Morgan fingerprint density at radius 3 is 2.31 bits per heavy atom. The minimum absolute atomic E-state index is 0.0364. The van der Waals surface area contributed by atoms with Gasteiger partial charge in [0.15, 0.2) is 5.78 Å². The standard InChI is InChI=1S/C24H20N2O3/c1-29-24(28)17-11-13-18(14-12-17)26-22(16-7-3-2-4-8-16)23(27)20-15-25-21-10-6-5-9-19(20)21/h2-15,22,25-26H,1H3. The second kappa shape index (κ2) is 8.02. The van der Waals surface area contributed by atoms with Crippen molar-refractivity contribution in [2.75, 3.05) is 12.4 Å². The predicted octanol–water partition coefficient (Wildman–Crippen LogP) is 4.99. The van der Waals surface area contributed by atoms with Gasteiger partial charge in [-0.2, -0.15) is 0 Å². The van der Waals surface area contributed by atoms with Gasteiger partial charge in [0.2, 0.25) is 0 Å². The zero-order chi connectivity index (χ0) is 20.2. The Hall–Kier alpha value is -3.86. The number of aromatic nitrogens is 1. The van der Waals surface area contributed by atoms with Crippen LogP contribution in [0, 0.1) is 0 Å². The van der Waals surface area contributed by atoms with Gasteiger partial charge in [-0.15, -0.1) is 0 Å². The van der Waals surface area contributed by atoms with Crippen molar-refractivity contribution in [2.45, 2.75) is 6.04 Å². The van der Waals surface area contributed by atoms with Crippen LogP contribution in [-0.4, -0.2) is 23.8 Å². The normalized spacial score (nSPS) is 11.8. The van der Waals surface area contributed by atoms with Crippen LogP contribution in [-0.2, 0) is 4.74 Å². The molecule has 0 saturated carbocycles. The first-order chi connectivity index (χ1) is 14.2. The number of nitrogens with one attached hydrogen (secondary N) is 2. The Kier molecular flexibility index (Phi) is 5.12. The first kappa shape index (κ1) is 18.5. The lowest BCUT2D eigenvalue weighted by Gasteiger charge is -2.19. The average Bonchev–Trinajstić information content (AvgIpc) is 3.22. The van der Waals surface area contributed by atoms with Crippen LogP contribution in [0.25, 0.3) is 10.9 Å². The molecule has 0 aliphatic heterocycles. The Morgan fingerprint density at radius 1 is 0.897 bits per heavy atom. The molecule has 0 fully saturated rings. The molecule has 0 radical (unpaired) electrons. The molecule has 1 unspecified atom stereocenters. The molecule has 1 aromatic heterocycles. The van der Waals surface area contributed by atoms with Crippen LogP contribution < -0.4 is 5.32 Å². The third-order valence-electron chi connectivity index (χ3n) is 4.87. The molecule has 29 heavy (non-hydrogen) atoms. The summed E-state index contributed by atoms with van der Waals surface area (Å²) in [6.07, 6.45) is 1.75. The summed E-state index contributed by atoms with van der Waals surface area (Å²) in [5.41, 5.74) is 3.61. The lowest BCUT2D eigenvalue weighted by atomic mass is 9.96. The van der Waals surface area contributed by atoms with E-state index >= 15 is 0 Å². The first-order valence-electron chi connectivity index (χ1n) is 9.27. The van der Waals surface area contributed by atoms with Crippen molar-refractivity contribution in [2.24, 2.45) is 0 Å². The van der Waals surface area contributed by atoms with E-state index in [1.54, 1.807) is 30.5 Å². The molecule has 0 spiro atoms. The summed E-state index contributed by atoms with van der Waals surface area (Å²) in [6, 6.07) is 23.6. The van der Waals surface area contributed by atoms with Crippen molar-refractivity contribution in [3.05, 3.63) is 102 Å². The van der Waals surface area contributed by atoms with E-state index in [0.717, 1.165) is 22.2 Å². The number of hydrogen-bond donors (Lipinski definition) is 2. The van der Waals surface area contributed by atoms with E-state index in [0.29, 0.717) is 11.1 Å². The van der Waals surface area contributed by atoms with Gasteiger partial charge in [-0.1, -0.05) is 48.5 Å². The molecule has 5 heteroatoms. The van der Waals surface area contributed by atoms with Crippen LogP contribution in [0.5, 0.6) is 0 Å². The number of benzene rings is 3. The van der Waals surface area contributed by atoms with Crippen molar-refractivity contribution in [1.29, 1.82) is 0 Å². The van der Waals surface area contributed by atoms with E-state index in [-0.39, 0.29) is 5.78 Å². The minimum atomic E-state index is -0.570. The van der Waals surface area contributed by atoms with Crippen molar-refractivity contribution < 1.29 is 14.3 Å². The highest BCUT2D eigenvalue weighted by molar-refractivity contribution is 6.11. The molecule has 0 aliphatic rings. The monoisotopic (exact) mass is 384 g/mol. The molecule has 4 rings (SSSR count). The number of methoxy groups -OCH3 is 1. The predicted molar refractivity (Wildman–Crippen MR) is 113 cm³/mol. The number of hydrogen-bond acceptors (Lipinski definition) is 4. The fourth-order valence-electron chi connectivity index (χ4n) is 3.36. The van der Waals surface area contributed by atoms with Gasteiger partial charge >= 0.3 is 5.97 Å². The average molecular weight is 384 g/mol. The van der Waals surface area contributed by atoms with E-state index in [4.69, 9.17) is 4.74 Å². The van der Waals surface area contributed by atoms with Crippen molar-refractivity contribution >= 4 is 28.3 Å².